The van der Waals surface area contributed by atoms with Crippen molar-refractivity contribution < 1.29 is 37.7 Å². The molecule has 13 heavy (non-hydrogen) atoms. The Morgan fingerprint density at radius 2 is 1.15 bits per heavy atom. The fraction of sp³-hybridized carbons (Fsp3) is 0.500. The van der Waals surface area contributed by atoms with Crippen LogP contribution in [0.25, 0.3) is 0 Å². The average molecular weight is 220 g/mol. The van der Waals surface area contributed by atoms with Crippen LogP contribution in [0.15, 0.2) is 0 Å². The molecule has 0 aromatic heterocycles. The number of carbonyl (C=O) groups is 3. The molecule has 0 aliphatic heterocycles. The van der Waals surface area contributed by atoms with Gasteiger partial charge in [0.2, 0.25) is 0 Å². The standard InChI is InChI=1S/C8H9O4.V/c1-5(10)8(4-9,6(2)11)7(3)12;/h1-3H3;/q-1;. The molecule has 0 aromatic rings. The molecule has 0 N–H and O–H groups in total. The largest absolute Gasteiger partial charge is 0.540 e. The zero-order valence-corrected chi connectivity index (χ0v) is 8.98. The van der Waals surface area contributed by atoms with Gasteiger partial charge in [-0.2, -0.15) is 0 Å². The van der Waals surface area contributed by atoms with Crippen molar-refractivity contribution in [1.82, 2.24) is 0 Å². The zero-order chi connectivity index (χ0) is 9.94. The summed E-state index contributed by atoms with van der Waals surface area (Å²) < 4.78 is 0. The molecule has 0 atom stereocenters. The molecule has 0 saturated carbocycles. The summed E-state index contributed by atoms with van der Waals surface area (Å²) in [4.78, 5) is 43.0. The maximum atomic E-state index is 10.9. The van der Waals surface area contributed by atoms with Crippen LogP contribution in [0.3, 0.4) is 0 Å². The van der Waals surface area contributed by atoms with Crippen molar-refractivity contribution in [3.63, 3.8) is 0 Å². The van der Waals surface area contributed by atoms with Crippen LogP contribution >= 0.6 is 0 Å². The molecule has 0 bridgehead atoms. The molecular formula is C8H9O4V-. The molecule has 0 spiro atoms. The van der Waals surface area contributed by atoms with Gasteiger partial charge < -0.3 is 19.2 Å². The third kappa shape index (κ3) is 2.35. The zero-order valence-electron chi connectivity index (χ0n) is 7.58. The minimum atomic E-state index is -2.18. The third-order valence-electron chi connectivity index (χ3n) is 1.74. The second-order valence-electron chi connectivity index (χ2n) is 2.52. The molecule has 4 nitrogen and oxygen atoms in total. The molecule has 0 rings (SSSR count). The Hall–Kier alpha value is -0.736. The molecule has 0 amide bonds. The average Bonchev–Trinajstić information content (AvgIpc) is 1.86. The Labute approximate surface area is 87.9 Å². The minimum Gasteiger partial charge on any atom is -0.540 e. The molecule has 0 heterocycles. The van der Waals surface area contributed by atoms with E-state index >= 15 is 0 Å². The Balaban J connectivity index is 0. The summed E-state index contributed by atoms with van der Waals surface area (Å²) in [5.41, 5.74) is -2.18. The number of rotatable bonds is 4. The van der Waals surface area contributed by atoms with Crippen molar-refractivity contribution in [3.8, 4) is 0 Å². The molecule has 0 aliphatic carbocycles. The number of carbonyl (C=O) groups excluding carboxylic acids is 4. The van der Waals surface area contributed by atoms with Crippen LogP contribution in [0, 0.1) is 5.41 Å². The van der Waals surface area contributed by atoms with Gasteiger partial charge in [-0.05, 0) is 20.8 Å². The van der Waals surface area contributed by atoms with Gasteiger partial charge in [0.15, 0.2) is 0 Å². The topological polar surface area (TPSA) is 68.3 Å². The van der Waals surface area contributed by atoms with Gasteiger partial charge in [-0.25, -0.2) is 6.29 Å². The monoisotopic (exact) mass is 220 g/mol. The maximum absolute atomic E-state index is 10.9. The van der Waals surface area contributed by atoms with Crippen LogP contribution in [0.5, 0.6) is 0 Å². The first-order valence-corrected chi connectivity index (χ1v) is 3.32. The van der Waals surface area contributed by atoms with Gasteiger partial charge in [0.1, 0.15) is 17.3 Å². The van der Waals surface area contributed by atoms with Crippen LogP contribution in [0.1, 0.15) is 20.8 Å². The second kappa shape index (κ2) is 5.09. The minimum absolute atomic E-state index is 0. The number of ketones is 3. The van der Waals surface area contributed by atoms with E-state index in [0.717, 1.165) is 20.8 Å². The smallest absolute Gasteiger partial charge is 0.124 e. The van der Waals surface area contributed by atoms with E-state index in [2.05, 4.69) is 0 Å². The summed E-state index contributed by atoms with van der Waals surface area (Å²) in [5.74, 6) is -2.34. The third-order valence-corrected chi connectivity index (χ3v) is 1.74. The van der Waals surface area contributed by atoms with E-state index in [9.17, 15) is 19.2 Å². The fourth-order valence-corrected chi connectivity index (χ4v) is 0.959. The molecular weight excluding hydrogens is 211 g/mol. The van der Waals surface area contributed by atoms with E-state index in [0.29, 0.717) is 0 Å². The van der Waals surface area contributed by atoms with Crippen molar-refractivity contribution in [3.05, 3.63) is 0 Å². The van der Waals surface area contributed by atoms with E-state index in [1.54, 1.807) is 0 Å². The van der Waals surface area contributed by atoms with Crippen molar-refractivity contribution in [1.29, 1.82) is 0 Å². The Bertz CT molecular complexity index is 221. The fourth-order valence-electron chi connectivity index (χ4n) is 0.959. The van der Waals surface area contributed by atoms with E-state index < -0.39 is 22.8 Å². The predicted octanol–water partition coefficient (Wildman–Crippen LogP) is -0.153. The summed E-state index contributed by atoms with van der Waals surface area (Å²) in [6, 6.07) is 0. The van der Waals surface area contributed by atoms with Gasteiger partial charge in [0.05, 0.1) is 0 Å². The van der Waals surface area contributed by atoms with Gasteiger partial charge in [-0.15, -0.1) is 0 Å². The first-order valence-electron chi connectivity index (χ1n) is 3.32. The van der Waals surface area contributed by atoms with Gasteiger partial charge in [0, 0.05) is 24.0 Å². The molecule has 71 valence electrons. The van der Waals surface area contributed by atoms with Gasteiger partial charge in [0.25, 0.3) is 0 Å². The number of Topliss-reactive ketones (excluding diaryl/α,β-unsaturated/α-hetero) is 3. The van der Waals surface area contributed by atoms with Crippen LogP contribution in [-0.4, -0.2) is 23.6 Å². The Kier molecular flexibility index (Phi) is 5.79. The Morgan fingerprint density at radius 1 is 0.923 bits per heavy atom. The van der Waals surface area contributed by atoms with Crippen LogP contribution in [0.4, 0.5) is 0 Å². The summed E-state index contributed by atoms with van der Waals surface area (Å²) in [5, 5.41) is 0. The predicted molar refractivity (Wildman–Crippen MR) is 40.2 cm³/mol. The molecule has 0 aromatic carbocycles. The van der Waals surface area contributed by atoms with Crippen molar-refractivity contribution in [2.75, 3.05) is 0 Å². The van der Waals surface area contributed by atoms with E-state index in [4.69, 9.17) is 0 Å². The summed E-state index contributed by atoms with van der Waals surface area (Å²) in [6.45, 7) is 3.06. The van der Waals surface area contributed by atoms with Gasteiger partial charge in [-0.3, -0.25) is 0 Å². The molecule has 0 fully saturated rings. The molecule has 0 aliphatic rings. The van der Waals surface area contributed by atoms with E-state index in [1.165, 1.54) is 6.29 Å². The van der Waals surface area contributed by atoms with Crippen molar-refractivity contribution in [2.24, 2.45) is 5.41 Å². The second-order valence-corrected chi connectivity index (χ2v) is 2.52. The van der Waals surface area contributed by atoms with E-state index in [-0.39, 0.29) is 18.6 Å². The number of hydrogen-bond donors (Lipinski definition) is 0. The molecule has 1 radical (unpaired) electrons. The first kappa shape index (κ1) is 14.8. The van der Waals surface area contributed by atoms with Crippen molar-refractivity contribution >= 4 is 23.6 Å². The Morgan fingerprint density at radius 3 is 1.15 bits per heavy atom. The first-order chi connectivity index (χ1) is 5.39. The molecule has 5 heteroatoms. The SMILES string of the molecule is CC(=O)C([C-]=O)(C(C)=O)C(C)=O.[V]. The van der Waals surface area contributed by atoms with E-state index in [1.807, 2.05) is 0 Å². The van der Waals surface area contributed by atoms with Gasteiger partial charge >= 0.3 is 0 Å². The summed E-state index contributed by atoms with van der Waals surface area (Å²) in [6.07, 6.45) is 1.22. The normalized spacial score (nSPS) is 9.77. The van der Waals surface area contributed by atoms with Crippen LogP contribution < -0.4 is 0 Å². The van der Waals surface area contributed by atoms with Crippen LogP contribution in [-0.2, 0) is 37.7 Å². The quantitative estimate of drug-likeness (QED) is 0.488. The van der Waals surface area contributed by atoms with Gasteiger partial charge in [-0.1, -0.05) is 0 Å². The molecule has 0 unspecified atom stereocenters. The van der Waals surface area contributed by atoms with Crippen LogP contribution in [0.2, 0.25) is 0 Å². The number of hydrogen-bond acceptors (Lipinski definition) is 4. The molecule has 0 saturated heterocycles. The van der Waals surface area contributed by atoms with Crippen molar-refractivity contribution in [2.45, 2.75) is 20.8 Å². The maximum Gasteiger partial charge on any atom is 0.124 e. The summed E-state index contributed by atoms with van der Waals surface area (Å²) in [7, 11) is 0. The summed E-state index contributed by atoms with van der Waals surface area (Å²) >= 11 is 0.